The molecule has 102 valence electrons. The zero-order valence-corrected chi connectivity index (χ0v) is 12.0. The van der Waals surface area contributed by atoms with Crippen molar-refractivity contribution in [3.8, 4) is 5.69 Å². The molecule has 0 spiro atoms. The van der Waals surface area contributed by atoms with Crippen LogP contribution in [0, 0.1) is 12.7 Å². The average molecular weight is 289 g/mol. The van der Waals surface area contributed by atoms with Crippen LogP contribution < -0.4 is 0 Å². The van der Waals surface area contributed by atoms with Crippen LogP contribution in [-0.2, 0) is 0 Å². The third-order valence-electron chi connectivity index (χ3n) is 3.35. The van der Waals surface area contributed by atoms with E-state index in [-0.39, 0.29) is 11.2 Å². The minimum atomic E-state index is -0.255. The van der Waals surface area contributed by atoms with E-state index in [2.05, 4.69) is 4.98 Å². The van der Waals surface area contributed by atoms with Crippen molar-refractivity contribution in [1.29, 1.82) is 0 Å². The van der Waals surface area contributed by atoms with Gasteiger partial charge in [0, 0.05) is 5.69 Å². The monoisotopic (exact) mass is 288 g/mol. The number of aryl methyl sites for hydroxylation is 1. The Morgan fingerprint density at radius 3 is 2.50 bits per heavy atom. The quantitative estimate of drug-likeness (QED) is 0.621. The van der Waals surface area contributed by atoms with E-state index in [1.165, 1.54) is 12.1 Å². The lowest BCUT2D eigenvalue weighted by Gasteiger charge is -2.10. The highest BCUT2D eigenvalue weighted by Crippen LogP contribution is 2.29. The molecule has 0 aliphatic rings. The smallest absolute Gasteiger partial charge is 0.132 e. The fraction of sp³-hybridized carbons (Fsp3) is 0.188. The van der Waals surface area contributed by atoms with Crippen LogP contribution in [0.2, 0.25) is 0 Å². The normalized spacial score (nSPS) is 12.8. The van der Waals surface area contributed by atoms with Gasteiger partial charge in [0.05, 0.1) is 16.4 Å². The van der Waals surface area contributed by atoms with Gasteiger partial charge in [-0.05, 0) is 49.7 Å². The lowest BCUT2D eigenvalue weighted by atomic mass is 10.2. The lowest BCUT2D eigenvalue weighted by Crippen LogP contribution is -2.01. The number of aromatic nitrogens is 2. The molecule has 4 heteroatoms. The van der Waals surface area contributed by atoms with Gasteiger partial charge in [-0.15, -0.1) is 11.6 Å². The highest BCUT2D eigenvalue weighted by Gasteiger charge is 2.17. The molecule has 2 aromatic carbocycles. The summed E-state index contributed by atoms with van der Waals surface area (Å²) >= 11 is 6.26. The molecule has 0 saturated carbocycles. The molecular weight excluding hydrogens is 275 g/mol. The van der Waals surface area contributed by atoms with Gasteiger partial charge >= 0.3 is 0 Å². The van der Waals surface area contributed by atoms with Crippen LogP contribution in [-0.4, -0.2) is 9.55 Å². The molecule has 3 rings (SSSR count). The summed E-state index contributed by atoms with van der Waals surface area (Å²) < 4.78 is 15.1. The van der Waals surface area contributed by atoms with Gasteiger partial charge < -0.3 is 0 Å². The van der Waals surface area contributed by atoms with E-state index in [0.29, 0.717) is 0 Å². The number of nitrogens with zero attached hydrogens (tertiary/aromatic N) is 2. The molecule has 0 saturated heterocycles. The zero-order chi connectivity index (χ0) is 14.3. The van der Waals surface area contributed by atoms with E-state index in [1.807, 2.05) is 36.6 Å². The van der Waals surface area contributed by atoms with E-state index in [9.17, 15) is 4.39 Å². The van der Waals surface area contributed by atoms with Crippen molar-refractivity contribution in [3.05, 3.63) is 59.7 Å². The Morgan fingerprint density at radius 1 is 1.15 bits per heavy atom. The Kier molecular flexibility index (Phi) is 3.22. The average Bonchev–Trinajstić information content (AvgIpc) is 2.81. The van der Waals surface area contributed by atoms with E-state index in [4.69, 9.17) is 11.6 Å². The van der Waals surface area contributed by atoms with Crippen LogP contribution in [0.4, 0.5) is 4.39 Å². The number of hydrogen-bond acceptors (Lipinski definition) is 1. The van der Waals surface area contributed by atoms with Crippen LogP contribution in [0.5, 0.6) is 0 Å². The largest absolute Gasteiger partial charge is 0.295 e. The van der Waals surface area contributed by atoms with E-state index < -0.39 is 0 Å². The molecule has 20 heavy (non-hydrogen) atoms. The van der Waals surface area contributed by atoms with Gasteiger partial charge in [0.2, 0.25) is 0 Å². The second kappa shape index (κ2) is 4.91. The Hall–Kier alpha value is -1.87. The number of halogens is 2. The first-order valence-corrected chi connectivity index (χ1v) is 6.89. The van der Waals surface area contributed by atoms with Crippen molar-refractivity contribution in [3.63, 3.8) is 0 Å². The minimum absolute atomic E-state index is 0.230. The van der Waals surface area contributed by atoms with Crippen LogP contribution in [0.15, 0.2) is 42.5 Å². The van der Waals surface area contributed by atoms with Crippen LogP contribution in [0.3, 0.4) is 0 Å². The number of benzene rings is 2. The van der Waals surface area contributed by atoms with Gasteiger partial charge in [0.15, 0.2) is 0 Å². The van der Waals surface area contributed by atoms with Crippen LogP contribution in [0.25, 0.3) is 16.7 Å². The molecule has 1 heterocycles. The number of imidazole rings is 1. The number of hydrogen-bond donors (Lipinski definition) is 0. The summed E-state index contributed by atoms with van der Waals surface area (Å²) in [5.74, 6) is 0.511. The van der Waals surface area contributed by atoms with Crippen molar-refractivity contribution in [1.82, 2.24) is 9.55 Å². The molecule has 0 radical (unpaired) electrons. The van der Waals surface area contributed by atoms with Gasteiger partial charge in [-0.1, -0.05) is 12.1 Å². The first-order chi connectivity index (χ1) is 9.58. The zero-order valence-electron chi connectivity index (χ0n) is 11.3. The molecule has 0 fully saturated rings. The summed E-state index contributed by atoms with van der Waals surface area (Å²) in [5.41, 5.74) is 3.88. The topological polar surface area (TPSA) is 17.8 Å². The molecule has 0 bridgehead atoms. The SMILES string of the molecule is Cc1cccc2c1nc(C(C)Cl)n2-c1ccc(F)cc1. The first kappa shape index (κ1) is 13.1. The lowest BCUT2D eigenvalue weighted by molar-refractivity contribution is 0.627. The standard InChI is InChI=1S/C16H14ClFN2/c1-10-4-3-5-14-15(10)19-16(11(2)17)20(14)13-8-6-12(18)7-9-13/h3-9,11H,1-2H3. The van der Waals surface area contributed by atoms with Crippen molar-refractivity contribution in [2.24, 2.45) is 0 Å². The number of para-hydroxylation sites is 1. The third kappa shape index (κ3) is 2.08. The van der Waals surface area contributed by atoms with Gasteiger partial charge in [-0.25, -0.2) is 9.37 Å². The molecule has 0 aliphatic carbocycles. The molecule has 0 N–H and O–H groups in total. The first-order valence-electron chi connectivity index (χ1n) is 6.46. The second-order valence-electron chi connectivity index (χ2n) is 4.84. The predicted octanol–water partition coefficient (Wildman–Crippen LogP) is 4.77. The molecular formula is C16H14ClFN2. The maximum atomic E-state index is 13.1. The Morgan fingerprint density at radius 2 is 1.85 bits per heavy atom. The summed E-state index contributed by atoms with van der Waals surface area (Å²) in [6.07, 6.45) is 0. The fourth-order valence-corrected chi connectivity index (χ4v) is 2.53. The van der Waals surface area contributed by atoms with Crippen LogP contribution >= 0.6 is 11.6 Å². The van der Waals surface area contributed by atoms with Crippen molar-refractivity contribution < 1.29 is 4.39 Å². The molecule has 0 aliphatic heterocycles. The highest BCUT2D eigenvalue weighted by molar-refractivity contribution is 6.20. The second-order valence-corrected chi connectivity index (χ2v) is 5.50. The van der Waals surface area contributed by atoms with Crippen molar-refractivity contribution >= 4 is 22.6 Å². The molecule has 0 amide bonds. The Bertz CT molecular complexity index is 760. The Labute approximate surface area is 121 Å². The van der Waals surface area contributed by atoms with Gasteiger partial charge in [0.25, 0.3) is 0 Å². The minimum Gasteiger partial charge on any atom is -0.295 e. The summed E-state index contributed by atoms with van der Waals surface area (Å²) in [6, 6.07) is 12.4. The third-order valence-corrected chi connectivity index (χ3v) is 3.55. The summed E-state index contributed by atoms with van der Waals surface area (Å²) in [6.45, 7) is 3.91. The fourth-order valence-electron chi connectivity index (χ4n) is 2.39. The number of fused-ring (bicyclic) bond motifs is 1. The number of rotatable bonds is 2. The highest BCUT2D eigenvalue weighted by atomic mass is 35.5. The van der Waals surface area contributed by atoms with E-state index in [1.54, 1.807) is 12.1 Å². The molecule has 3 aromatic rings. The maximum Gasteiger partial charge on any atom is 0.132 e. The van der Waals surface area contributed by atoms with Gasteiger partial charge in [0.1, 0.15) is 11.6 Å². The summed E-state index contributed by atoms with van der Waals surface area (Å²) in [4.78, 5) is 4.65. The van der Waals surface area contributed by atoms with Gasteiger partial charge in [-0.3, -0.25) is 4.57 Å². The van der Waals surface area contributed by atoms with Crippen LogP contribution in [0.1, 0.15) is 23.7 Å². The molecule has 1 aromatic heterocycles. The number of alkyl halides is 1. The molecule has 1 unspecified atom stereocenters. The van der Waals surface area contributed by atoms with E-state index >= 15 is 0 Å². The van der Waals surface area contributed by atoms with E-state index in [0.717, 1.165) is 28.1 Å². The Balaban J connectivity index is 2.35. The predicted molar refractivity (Wildman–Crippen MR) is 80.0 cm³/mol. The van der Waals surface area contributed by atoms with Gasteiger partial charge in [-0.2, -0.15) is 0 Å². The molecule has 2 nitrogen and oxygen atoms in total. The summed E-state index contributed by atoms with van der Waals surface area (Å²) in [5, 5.41) is -0.230. The van der Waals surface area contributed by atoms with Crippen molar-refractivity contribution in [2.45, 2.75) is 19.2 Å². The maximum absolute atomic E-state index is 13.1. The summed E-state index contributed by atoms with van der Waals surface area (Å²) in [7, 11) is 0. The van der Waals surface area contributed by atoms with Crippen molar-refractivity contribution in [2.75, 3.05) is 0 Å². The molecule has 1 atom stereocenters.